The summed E-state index contributed by atoms with van der Waals surface area (Å²) in [6.45, 7) is 11.4. The van der Waals surface area contributed by atoms with Crippen LogP contribution in [0.3, 0.4) is 0 Å². The molecule has 0 aromatic rings. The van der Waals surface area contributed by atoms with Gasteiger partial charge in [0.25, 0.3) is 0 Å². The number of nitrogens with zero attached hydrogens (tertiary/aromatic N) is 2. The first kappa shape index (κ1) is 23.9. The minimum absolute atomic E-state index is 0.00754. The van der Waals surface area contributed by atoms with Gasteiger partial charge < -0.3 is 26.2 Å². The molecule has 2 atom stereocenters. The highest BCUT2D eigenvalue weighted by atomic mass is 32.1. The predicted octanol–water partition coefficient (Wildman–Crippen LogP) is 2.10. The Bertz CT molecular complexity index is 586. The number of nitrogens with one attached hydrogen (secondary N) is 2. The van der Waals surface area contributed by atoms with Crippen molar-refractivity contribution in [2.24, 2.45) is 17.1 Å². The molecule has 166 valence electrons. The van der Waals surface area contributed by atoms with Gasteiger partial charge in [-0.25, -0.2) is 4.79 Å². The van der Waals surface area contributed by atoms with Crippen molar-refractivity contribution in [3.63, 3.8) is 0 Å². The van der Waals surface area contributed by atoms with E-state index in [4.69, 9.17) is 18.0 Å². The Morgan fingerprint density at radius 3 is 2.55 bits per heavy atom. The van der Waals surface area contributed by atoms with E-state index in [-0.39, 0.29) is 29.9 Å². The SMILES string of the molecule is CCCCC1CN(C(=O)NC[C@H]2CCCN2C(=O)[C@@H](NC(=S)CN)C(C)(C)C)C1. The summed E-state index contributed by atoms with van der Waals surface area (Å²) in [5, 5.41) is 6.19. The van der Waals surface area contributed by atoms with Gasteiger partial charge in [0.2, 0.25) is 5.91 Å². The van der Waals surface area contributed by atoms with Crippen LogP contribution in [0.5, 0.6) is 0 Å². The molecule has 0 aliphatic carbocycles. The molecule has 0 aromatic carbocycles. The smallest absolute Gasteiger partial charge is 0.317 e. The molecule has 4 N–H and O–H groups in total. The van der Waals surface area contributed by atoms with Crippen molar-refractivity contribution in [2.45, 2.75) is 71.9 Å². The maximum absolute atomic E-state index is 13.3. The van der Waals surface area contributed by atoms with Crippen molar-refractivity contribution in [1.82, 2.24) is 20.4 Å². The van der Waals surface area contributed by atoms with Crippen LogP contribution >= 0.6 is 12.2 Å². The second kappa shape index (κ2) is 10.6. The third-order valence-electron chi connectivity index (χ3n) is 5.96. The number of rotatable bonds is 8. The van der Waals surface area contributed by atoms with Crippen LogP contribution in [0.25, 0.3) is 0 Å². The number of hydrogen-bond donors (Lipinski definition) is 3. The number of urea groups is 1. The van der Waals surface area contributed by atoms with Crippen LogP contribution in [0.2, 0.25) is 0 Å². The molecule has 29 heavy (non-hydrogen) atoms. The zero-order chi connectivity index (χ0) is 21.6. The Balaban J connectivity index is 1.87. The zero-order valence-electron chi connectivity index (χ0n) is 18.5. The van der Waals surface area contributed by atoms with Gasteiger partial charge in [-0.2, -0.15) is 0 Å². The van der Waals surface area contributed by atoms with Gasteiger partial charge in [0.05, 0.1) is 4.99 Å². The van der Waals surface area contributed by atoms with Gasteiger partial charge >= 0.3 is 6.03 Å². The Labute approximate surface area is 181 Å². The van der Waals surface area contributed by atoms with Crippen molar-refractivity contribution in [3.8, 4) is 0 Å². The molecule has 0 bridgehead atoms. The summed E-state index contributed by atoms with van der Waals surface area (Å²) in [6, 6.07) is -0.405. The summed E-state index contributed by atoms with van der Waals surface area (Å²) >= 11 is 5.22. The summed E-state index contributed by atoms with van der Waals surface area (Å²) in [4.78, 5) is 30.0. The summed E-state index contributed by atoms with van der Waals surface area (Å²) in [5.74, 6) is 0.684. The monoisotopic (exact) mass is 425 g/mol. The van der Waals surface area contributed by atoms with Crippen molar-refractivity contribution in [3.05, 3.63) is 0 Å². The molecule has 0 aromatic heterocycles. The number of nitrogens with two attached hydrogens (primary N) is 1. The standard InChI is InChI=1S/C21H39N5O2S/c1-5-6-8-15-13-25(14-15)20(28)23-12-16-9-7-10-26(16)19(27)18(21(2,3)4)24-17(29)11-22/h15-16,18H,5-14,22H2,1-4H3,(H,23,28)(H,24,29)/t16-,18-/m1/s1. The van der Waals surface area contributed by atoms with Gasteiger partial charge in [-0.3, -0.25) is 4.79 Å². The van der Waals surface area contributed by atoms with E-state index in [1.54, 1.807) is 0 Å². The predicted molar refractivity (Wildman–Crippen MR) is 121 cm³/mol. The summed E-state index contributed by atoms with van der Waals surface area (Å²) < 4.78 is 0. The molecule has 2 fully saturated rings. The van der Waals surface area contributed by atoms with Crippen molar-refractivity contribution in [2.75, 3.05) is 32.7 Å². The average molecular weight is 426 g/mol. The Morgan fingerprint density at radius 1 is 1.28 bits per heavy atom. The van der Waals surface area contributed by atoms with E-state index in [9.17, 15) is 9.59 Å². The van der Waals surface area contributed by atoms with Crippen LogP contribution in [-0.4, -0.2) is 71.5 Å². The van der Waals surface area contributed by atoms with Crippen molar-refractivity contribution in [1.29, 1.82) is 0 Å². The van der Waals surface area contributed by atoms with E-state index in [1.165, 1.54) is 19.3 Å². The molecule has 0 radical (unpaired) electrons. The fourth-order valence-electron chi connectivity index (χ4n) is 4.10. The first-order chi connectivity index (χ1) is 13.7. The largest absolute Gasteiger partial charge is 0.367 e. The van der Waals surface area contributed by atoms with E-state index < -0.39 is 6.04 Å². The molecule has 2 heterocycles. The number of thiocarbonyl (C=S) groups is 1. The lowest BCUT2D eigenvalue weighted by atomic mass is 9.85. The fraction of sp³-hybridized carbons (Fsp3) is 0.857. The fourth-order valence-corrected chi connectivity index (χ4v) is 4.22. The van der Waals surface area contributed by atoms with Crippen molar-refractivity contribution < 1.29 is 9.59 Å². The third kappa shape index (κ3) is 6.54. The Kier molecular flexibility index (Phi) is 8.70. The zero-order valence-corrected chi connectivity index (χ0v) is 19.3. The van der Waals surface area contributed by atoms with Crippen LogP contribution in [-0.2, 0) is 4.79 Å². The van der Waals surface area contributed by atoms with Crippen LogP contribution in [0, 0.1) is 11.3 Å². The molecule has 8 heteroatoms. The molecule has 7 nitrogen and oxygen atoms in total. The highest BCUT2D eigenvalue weighted by molar-refractivity contribution is 7.80. The molecule has 2 rings (SSSR count). The highest BCUT2D eigenvalue weighted by Crippen LogP contribution is 2.26. The van der Waals surface area contributed by atoms with Crippen LogP contribution < -0.4 is 16.4 Å². The lowest BCUT2D eigenvalue weighted by molar-refractivity contribution is -0.136. The van der Waals surface area contributed by atoms with Gasteiger partial charge in [-0.1, -0.05) is 52.8 Å². The lowest BCUT2D eigenvalue weighted by Gasteiger charge is -2.40. The molecule has 0 unspecified atom stereocenters. The molecule has 0 spiro atoms. The minimum atomic E-state index is -0.426. The molecule has 3 amide bonds. The molecule has 2 aliphatic heterocycles. The van der Waals surface area contributed by atoms with E-state index in [0.29, 0.717) is 24.0 Å². The Morgan fingerprint density at radius 2 is 1.97 bits per heavy atom. The van der Waals surface area contributed by atoms with Crippen LogP contribution in [0.1, 0.15) is 59.8 Å². The van der Waals surface area contributed by atoms with E-state index in [0.717, 1.165) is 25.9 Å². The van der Waals surface area contributed by atoms with E-state index in [2.05, 4.69) is 17.6 Å². The second-order valence-electron chi connectivity index (χ2n) is 9.50. The number of carbonyl (C=O) groups is 2. The molecular formula is C21H39N5O2S. The van der Waals surface area contributed by atoms with Crippen LogP contribution in [0.15, 0.2) is 0 Å². The Hall–Kier alpha value is -1.41. The number of amides is 3. The summed E-state index contributed by atoms with van der Waals surface area (Å²) in [5.41, 5.74) is 5.33. The molecule has 0 saturated carbocycles. The normalized spacial score (nSPS) is 20.9. The first-order valence-electron chi connectivity index (χ1n) is 11.0. The lowest BCUT2D eigenvalue weighted by Crippen LogP contribution is -2.58. The van der Waals surface area contributed by atoms with Crippen LogP contribution in [0.4, 0.5) is 4.79 Å². The maximum atomic E-state index is 13.3. The van der Waals surface area contributed by atoms with E-state index >= 15 is 0 Å². The highest BCUT2D eigenvalue weighted by Gasteiger charge is 2.39. The average Bonchev–Trinajstić information content (AvgIpc) is 3.10. The third-order valence-corrected chi connectivity index (χ3v) is 6.25. The van der Waals surface area contributed by atoms with Gasteiger partial charge in [0, 0.05) is 38.8 Å². The van der Waals surface area contributed by atoms with Gasteiger partial charge in [-0.05, 0) is 30.6 Å². The minimum Gasteiger partial charge on any atom is -0.367 e. The first-order valence-corrected chi connectivity index (χ1v) is 11.4. The number of unbranched alkanes of at least 4 members (excludes halogenated alkanes) is 1. The topological polar surface area (TPSA) is 90.7 Å². The number of hydrogen-bond acceptors (Lipinski definition) is 4. The van der Waals surface area contributed by atoms with Crippen molar-refractivity contribution >= 4 is 29.1 Å². The van der Waals surface area contributed by atoms with E-state index in [1.807, 2.05) is 30.6 Å². The number of carbonyl (C=O) groups excluding carboxylic acids is 2. The maximum Gasteiger partial charge on any atom is 0.317 e. The molecule has 2 saturated heterocycles. The molecule has 2 aliphatic rings. The summed E-state index contributed by atoms with van der Waals surface area (Å²) in [6.07, 6.45) is 5.50. The summed E-state index contributed by atoms with van der Waals surface area (Å²) in [7, 11) is 0. The van der Waals surface area contributed by atoms with Gasteiger partial charge in [0.15, 0.2) is 0 Å². The number of likely N-dealkylation sites (tertiary alicyclic amines) is 2. The quantitative estimate of drug-likeness (QED) is 0.518. The molecular weight excluding hydrogens is 386 g/mol. The van der Waals surface area contributed by atoms with Gasteiger partial charge in [-0.15, -0.1) is 0 Å². The second-order valence-corrected chi connectivity index (χ2v) is 9.99. The van der Waals surface area contributed by atoms with Gasteiger partial charge in [0.1, 0.15) is 6.04 Å².